The van der Waals surface area contributed by atoms with Crippen molar-refractivity contribution >= 4 is 10.8 Å². The van der Waals surface area contributed by atoms with E-state index in [4.69, 9.17) is 0 Å². The lowest BCUT2D eigenvalue weighted by Crippen LogP contribution is -1.94. The predicted octanol–water partition coefficient (Wildman–Crippen LogP) is 1.82. The van der Waals surface area contributed by atoms with E-state index < -0.39 is 10.8 Å². The van der Waals surface area contributed by atoms with Crippen molar-refractivity contribution in [3.63, 3.8) is 0 Å². The molecule has 1 aliphatic rings. The zero-order chi connectivity index (χ0) is 6.69. The Bertz CT molecular complexity index is 149. The van der Waals surface area contributed by atoms with Crippen LogP contribution in [0.5, 0.6) is 0 Å². The third kappa shape index (κ3) is 1.94. The van der Waals surface area contributed by atoms with Gasteiger partial charge in [0, 0.05) is 21.5 Å². The molecule has 1 unspecified atom stereocenters. The van der Waals surface area contributed by atoms with Crippen LogP contribution < -0.4 is 0 Å². The van der Waals surface area contributed by atoms with Gasteiger partial charge in [0.2, 0.25) is 0 Å². The predicted molar refractivity (Wildman–Crippen MR) is 40.6 cm³/mol. The van der Waals surface area contributed by atoms with Crippen LogP contribution in [0.15, 0.2) is 11.0 Å². The molecule has 1 heterocycles. The maximum Gasteiger partial charge on any atom is 0.0482 e. The highest BCUT2D eigenvalue weighted by Crippen LogP contribution is 2.12. The molecule has 0 fully saturated rings. The van der Waals surface area contributed by atoms with Crippen LogP contribution in [0.4, 0.5) is 0 Å². The van der Waals surface area contributed by atoms with Crippen LogP contribution in [-0.2, 0) is 10.8 Å². The van der Waals surface area contributed by atoms with E-state index >= 15 is 0 Å². The van der Waals surface area contributed by atoms with Gasteiger partial charge in [-0.15, -0.1) is 0 Å². The van der Waals surface area contributed by atoms with E-state index in [0.29, 0.717) is 0 Å². The molecule has 0 saturated carbocycles. The smallest absolute Gasteiger partial charge is 0.0482 e. The summed E-state index contributed by atoms with van der Waals surface area (Å²) in [6, 6.07) is 0. The van der Waals surface area contributed by atoms with Crippen molar-refractivity contribution in [3.05, 3.63) is 11.0 Å². The van der Waals surface area contributed by atoms with Crippen LogP contribution in [0.3, 0.4) is 0 Å². The minimum absolute atomic E-state index is 0.641. The first-order valence-corrected chi connectivity index (χ1v) is 4.68. The molecule has 0 aromatic rings. The topological polar surface area (TPSA) is 17.1 Å². The quantitative estimate of drug-likeness (QED) is 0.507. The number of hydrogen-bond donors (Lipinski definition) is 0. The van der Waals surface area contributed by atoms with Gasteiger partial charge in [0.15, 0.2) is 0 Å². The second-order valence-electron chi connectivity index (χ2n) is 2.36. The largest absolute Gasteiger partial charge is 0.255 e. The lowest BCUT2D eigenvalue weighted by Gasteiger charge is -1.93. The highest BCUT2D eigenvalue weighted by atomic mass is 32.2. The van der Waals surface area contributed by atoms with Crippen LogP contribution in [-0.4, -0.2) is 9.96 Å². The molecular formula is C7H12OS. The molecule has 1 atom stereocenters. The Morgan fingerprint density at radius 2 is 2.33 bits per heavy atom. The molecule has 1 aliphatic heterocycles. The van der Waals surface area contributed by atoms with Gasteiger partial charge in [-0.05, 0) is 26.2 Å². The van der Waals surface area contributed by atoms with Crippen molar-refractivity contribution in [3.8, 4) is 0 Å². The first-order chi connectivity index (χ1) is 4.30. The molecular weight excluding hydrogens is 132 g/mol. The summed E-state index contributed by atoms with van der Waals surface area (Å²) in [5.74, 6) is 0.877. The van der Waals surface area contributed by atoms with E-state index in [2.05, 4.69) is 6.08 Å². The first kappa shape index (κ1) is 7.00. The number of rotatable bonds is 0. The van der Waals surface area contributed by atoms with E-state index in [0.717, 1.165) is 23.5 Å². The summed E-state index contributed by atoms with van der Waals surface area (Å²) in [6.45, 7) is 1.96. The summed E-state index contributed by atoms with van der Waals surface area (Å²) in [6.07, 6.45) is 5.56. The molecule has 1 rings (SSSR count). The second-order valence-corrected chi connectivity index (χ2v) is 4.10. The molecule has 0 aliphatic carbocycles. The maximum absolute atomic E-state index is 11.1. The van der Waals surface area contributed by atoms with Crippen molar-refractivity contribution in [1.29, 1.82) is 0 Å². The fraction of sp³-hybridized carbons (Fsp3) is 0.714. The maximum atomic E-state index is 11.1. The summed E-state index contributed by atoms with van der Waals surface area (Å²) in [7, 11) is -0.641. The third-order valence-corrected chi connectivity index (χ3v) is 3.12. The second kappa shape index (κ2) is 3.16. The summed E-state index contributed by atoms with van der Waals surface area (Å²) in [4.78, 5) is 1.08. The monoisotopic (exact) mass is 144 g/mol. The van der Waals surface area contributed by atoms with Gasteiger partial charge in [-0.2, -0.15) is 0 Å². The normalized spacial score (nSPS) is 29.0. The van der Waals surface area contributed by atoms with Gasteiger partial charge in [-0.3, -0.25) is 4.21 Å². The van der Waals surface area contributed by atoms with Crippen LogP contribution in [0.1, 0.15) is 26.2 Å². The molecule has 0 amide bonds. The van der Waals surface area contributed by atoms with Crippen LogP contribution in [0.2, 0.25) is 0 Å². The Labute approximate surface area is 58.6 Å². The van der Waals surface area contributed by atoms with E-state index in [1.807, 2.05) is 6.92 Å². The Morgan fingerprint density at radius 1 is 1.56 bits per heavy atom. The minimum atomic E-state index is -0.641. The fourth-order valence-corrected chi connectivity index (χ4v) is 2.03. The minimum Gasteiger partial charge on any atom is -0.255 e. The summed E-state index contributed by atoms with van der Waals surface area (Å²) < 4.78 is 11.1. The zero-order valence-corrected chi connectivity index (χ0v) is 6.54. The van der Waals surface area contributed by atoms with Gasteiger partial charge in [0.05, 0.1) is 0 Å². The number of allylic oxidation sites excluding steroid dienone is 2. The fourth-order valence-electron chi connectivity index (χ4n) is 0.937. The van der Waals surface area contributed by atoms with Crippen molar-refractivity contribution in [2.24, 2.45) is 0 Å². The number of hydrogen-bond acceptors (Lipinski definition) is 1. The first-order valence-electron chi connectivity index (χ1n) is 3.36. The van der Waals surface area contributed by atoms with Crippen LogP contribution in [0.25, 0.3) is 0 Å². The standard InChI is InChI=1S/C7H12OS/c1-7-5-3-2-4-6-9(7)8/h5H,2-4,6H2,1H3. The van der Waals surface area contributed by atoms with Crippen molar-refractivity contribution in [1.82, 2.24) is 0 Å². The molecule has 0 N–H and O–H groups in total. The molecule has 52 valence electrons. The Hall–Kier alpha value is -0.110. The Morgan fingerprint density at radius 3 is 3.11 bits per heavy atom. The summed E-state index contributed by atoms with van der Waals surface area (Å²) in [5.41, 5.74) is 0. The van der Waals surface area contributed by atoms with E-state index in [9.17, 15) is 4.21 Å². The average molecular weight is 144 g/mol. The molecule has 0 aromatic heterocycles. The Balaban J connectivity index is 2.61. The molecule has 0 bridgehead atoms. The van der Waals surface area contributed by atoms with Gasteiger partial charge in [0.1, 0.15) is 0 Å². The van der Waals surface area contributed by atoms with Gasteiger partial charge in [0.25, 0.3) is 0 Å². The Kier molecular flexibility index (Phi) is 2.46. The summed E-state index contributed by atoms with van der Waals surface area (Å²) in [5, 5.41) is 0. The van der Waals surface area contributed by atoms with Crippen LogP contribution in [0, 0.1) is 0 Å². The van der Waals surface area contributed by atoms with Crippen LogP contribution >= 0.6 is 0 Å². The molecule has 1 nitrogen and oxygen atoms in total. The molecule has 0 spiro atoms. The van der Waals surface area contributed by atoms with Crippen molar-refractivity contribution in [2.45, 2.75) is 26.2 Å². The van der Waals surface area contributed by atoms with E-state index in [1.165, 1.54) is 6.42 Å². The van der Waals surface area contributed by atoms with E-state index in [1.54, 1.807) is 0 Å². The molecule has 0 radical (unpaired) electrons. The molecule has 9 heavy (non-hydrogen) atoms. The highest BCUT2D eigenvalue weighted by molar-refractivity contribution is 7.88. The third-order valence-electron chi connectivity index (χ3n) is 1.57. The SMILES string of the molecule is CC1=CCCCCS1=O. The lowest BCUT2D eigenvalue weighted by molar-refractivity contribution is 0.684. The molecule has 2 heteroatoms. The molecule has 0 saturated heterocycles. The van der Waals surface area contributed by atoms with Crippen molar-refractivity contribution < 1.29 is 4.21 Å². The lowest BCUT2D eigenvalue weighted by atomic mass is 10.2. The van der Waals surface area contributed by atoms with Gasteiger partial charge in [-0.1, -0.05) is 6.08 Å². The summed E-state index contributed by atoms with van der Waals surface area (Å²) >= 11 is 0. The highest BCUT2D eigenvalue weighted by Gasteiger charge is 2.04. The van der Waals surface area contributed by atoms with Crippen molar-refractivity contribution in [2.75, 3.05) is 5.75 Å². The van der Waals surface area contributed by atoms with Gasteiger partial charge >= 0.3 is 0 Å². The molecule has 0 aromatic carbocycles. The average Bonchev–Trinajstić information content (AvgIpc) is 1.99. The van der Waals surface area contributed by atoms with Gasteiger partial charge in [-0.25, -0.2) is 0 Å². The van der Waals surface area contributed by atoms with E-state index in [-0.39, 0.29) is 0 Å². The zero-order valence-electron chi connectivity index (χ0n) is 5.72. The van der Waals surface area contributed by atoms with Gasteiger partial charge < -0.3 is 0 Å².